The number of rotatable bonds is 3. The molecule has 0 aliphatic carbocycles. The third-order valence-electron chi connectivity index (χ3n) is 3.41. The molecule has 0 radical (unpaired) electrons. The molecule has 19 heavy (non-hydrogen) atoms. The molecular formula is C13H19N5O. The van der Waals surface area contributed by atoms with Crippen LogP contribution in [-0.2, 0) is 4.84 Å². The molecule has 6 nitrogen and oxygen atoms in total. The van der Waals surface area contributed by atoms with Crippen molar-refractivity contribution < 1.29 is 4.84 Å². The molecule has 0 aromatic rings. The van der Waals surface area contributed by atoms with E-state index < -0.39 is 0 Å². The van der Waals surface area contributed by atoms with Crippen LogP contribution in [0.25, 0.3) is 0 Å². The van der Waals surface area contributed by atoms with Crippen molar-refractivity contribution in [3.63, 3.8) is 0 Å². The number of hydroxylamine groups is 2. The summed E-state index contributed by atoms with van der Waals surface area (Å²) in [6, 6.07) is 0. The summed E-state index contributed by atoms with van der Waals surface area (Å²) in [5.41, 5.74) is 2.27. The minimum Gasteiger partial charge on any atom is -0.352 e. The lowest BCUT2D eigenvalue weighted by atomic mass is 10.1. The van der Waals surface area contributed by atoms with Gasteiger partial charge in [0, 0.05) is 13.1 Å². The van der Waals surface area contributed by atoms with E-state index in [2.05, 4.69) is 40.0 Å². The average molecular weight is 261 g/mol. The van der Waals surface area contributed by atoms with Gasteiger partial charge in [0.1, 0.15) is 18.2 Å². The molecule has 0 amide bonds. The van der Waals surface area contributed by atoms with E-state index in [0.29, 0.717) is 6.67 Å². The molecule has 0 atom stereocenters. The fourth-order valence-electron chi connectivity index (χ4n) is 2.64. The van der Waals surface area contributed by atoms with Gasteiger partial charge in [-0.25, -0.2) is 5.06 Å². The zero-order valence-electron chi connectivity index (χ0n) is 11.6. The minimum absolute atomic E-state index is 0.663. The number of hydrogen-bond donors (Lipinski definition) is 0. The van der Waals surface area contributed by atoms with Crippen LogP contribution in [0.5, 0.6) is 0 Å². The quantitative estimate of drug-likeness (QED) is 0.781. The largest absolute Gasteiger partial charge is 0.352 e. The molecule has 3 aliphatic heterocycles. The maximum atomic E-state index is 5.26. The van der Waals surface area contributed by atoms with Crippen molar-refractivity contribution in [2.45, 2.75) is 20.3 Å². The number of fused-ring (bicyclic) bond motifs is 2. The van der Waals surface area contributed by atoms with Gasteiger partial charge in [0.2, 0.25) is 0 Å². The van der Waals surface area contributed by atoms with Crippen LogP contribution in [0.3, 0.4) is 0 Å². The Morgan fingerprint density at radius 3 is 2.95 bits per heavy atom. The summed E-state index contributed by atoms with van der Waals surface area (Å²) in [4.78, 5) is 9.78. The Balaban J connectivity index is 1.97. The van der Waals surface area contributed by atoms with E-state index in [1.165, 1.54) is 5.57 Å². The Morgan fingerprint density at radius 1 is 1.37 bits per heavy atom. The van der Waals surface area contributed by atoms with Gasteiger partial charge in [0.05, 0.1) is 13.3 Å². The predicted octanol–water partition coefficient (Wildman–Crippen LogP) is 2.23. The molecule has 3 aliphatic rings. The van der Waals surface area contributed by atoms with Crippen LogP contribution in [-0.4, -0.2) is 41.7 Å². The molecule has 0 saturated heterocycles. The molecule has 0 saturated carbocycles. The molecule has 6 heteroatoms. The molecule has 3 rings (SSSR count). The predicted molar refractivity (Wildman–Crippen MR) is 71.1 cm³/mol. The van der Waals surface area contributed by atoms with Gasteiger partial charge in [-0.05, 0) is 19.4 Å². The fourth-order valence-corrected chi connectivity index (χ4v) is 2.64. The Kier molecular flexibility index (Phi) is 3.02. The zero-order chi connectivity index (χ0) is 13.4. The van der Waals surface area contributed by atoms with Crippen molar-refractivity contribution in [1.82, 2.24) is 14.9 Å². The number of nitrogens with zero attached hydrogens (tertiary/aromatic N) is 5. The van der Waals surface area contributed by atoms with E-state index in [0.717, 1.165) is 36.8 Å². The van der Waals surface area contributed by atoms with Crippen LogP contribution < -0.4 is 0 Å². The highest BCUT2D eigenvalue weighted by Gasteiger charge is 2.33. The van der Waals surface area contributed by atoms with E-state index in [4.69, 9.17) is 4.84 Å². The van der Waals surface area contributed by atoms with Gasteiger partial charge >= 0.3 is 0 Å². The first-order valence-corrected chi connectivity index (χ1v) is 6.61. The number of azo groups is 1. The van der Waals surface area contributed by atoms with E-state index >= 15 is 0 Å². The highest BCUT2D eigenvalue weighted by atomic mass is 16.7. The van der Waals surface area contributed by atoms with Crippen LogP contribution in [0.15, 0.2) is 45.4 Å². The van der Waals surface area contributed by atoms with Gasteiger partial charge in [-0.1, -0.05) is 12.5 Å². The van der Waals surface area contributed by atoms with Gasteiger partial charge in [-0.2, -0.15) is 0 Å². The minimum atomic E-state index is 0.663. The Morgan fingerprint density at radius 2 is 2.21 bits per heavy atom. The van der Waals surface area contributed by atoms with E-state index in [9.17, 15) is 0 Å². The number of allylic oxidation sites excluding steroid dienone is 1. The Labute approximate surface area is 113 Å². The lowest BCUT2D eigenvalue weighted by Gasteiger charge is -2.38. The lowest BCUT2D eigenvalue weighted by Crippen LogP contribution is -2.40. The molecular weight excluding hydrogens is 242 g/mol. The molecule has 0 spiro atoms. The van der Waals surface area contributed by atoms with Gasteiger partial charge in [-0.3, -0.25) is 9.74 Å². The average Bonchev–Trinajstić information content (AvgIpc) is 2.81. The van der Waals surface area contributed by atoms with Crippen molar-refractivity contribution >= 4 is 0 Å². The van der Waals surface area contributed by atoms with E-state index in [-0.39, 0.29) is 0 Å². The second-order valence-corrected chi connectivity index (χ2v) is 4.98. The Hall–Kier alpha value is -1.82. The molecule has 0 aromatic heterocycles. The second-order valence-electron chi connectivity index (χ2n) is 4.98. The standard InChI is InChI=1S/C13H19N5O/c1-4-5-16-7-10(2)6-11-13(16)18-9-17(19-3)8-12(18)15-14-11/h6,8H,4-5,7,9H2,1-3H3. The Bertz CT molecular complexity index is 505. The number of hydrogen-bond acceptors (Lipinski definition) is 6. The third-order valence-corrected chi connectivity index (χ3v) is 3.41. The third kappa shape index (κ3) is 2.02. The SMILES string of the molecule is CCCN1CC(C)=CC2=C1N1CN(OC)C=C1N=N2. The summed E-state index contributed by atoms with van der Waals surface area (Å²) in [5, 5.41) is 10.4. The molecule has 0 fully saturated rings. The molecule has 102 valence electrons. The maximum absolute atomic E-state index is 5.26. The molecule has 0 bridgehead atoms. The second kappa shape index (κ2) is 4.70. The molecule has 3 heterocycles. The van der Waals surface area contributed by atoms with Crippen LogP contribution in [0.4, 0.5) is 0 Å². The summed E-state index contributed by atoms with van der Waals surface area (Å²) >= 11 is 0. The summed E-state index contributed by atoms with van der Waals surface area (Å²) in [5.74, 6) is 1.99. The molecule has 0 aromatic carbocycles. The fraction of sp³-hybridized carbons (Fsp3) is 0.538. The first kappa shape index (κ1) is 12.2. The normalized spacial score (nSPS) is 21.5. The summed E-state index contributed by atoms with van der Waals surface area (Å²) in [7, 11) is 1.66. The molecule has 0 N–H and O–H groups in total. The monoisotopic (exact) mass is 261 g/mol. The lowest BCUT2D eigenvalue weighted by molar-refractivity contribution is -0.0973. The zero-order valence-corrected chi connectivity index (χ0v) is 11.6. The summed E-state index contributed by atoms with van der Waals surface area (Å²) in [6.45, 7) is 6.98. The van der Waals surface area contributed by atoms with Gasteiger partial charge in [0.25, 0.3) is 0 Å². The van der Waals surface area contributed by atoms with Crippen LogP contribution in [0, 0.1) is 0 Å². The smallest absolute Gasteiger partial charge is 0.177 e. The van der Waals surface area contributed by atoms with Crippen LogP contribution >= 0.6 is 0 Å². The van der Waals surface area contributed by atoms with E-state index in [1.807, 2.05) is 6.20 Å². The van der Waals surface area contributed by atoms with Crippen molar-refractivity contribution in [2.75, 3.05) is 26.9 Å². The maximum Gasteiger partial charge on any atom is 0.177 e. The van der Waals surface area contributed by atoms with Gasteiger partial charge in [0.15, 0.2) is 5.82 Å². The summed E-state index contributed by atoms with van der Waals surface area (Å²) < 4.78 is 0. The topological polar surface area (TPSA) is 43.7 Å². The van der Waals surface area contributed by atoms with Crippen molar-refractivity contribution in [3.05, 3.63) is 35.2 Å². The first-order valence-electron chi connectivity index (χ1n) is 6.61. The van der Waals surface area contributed by atoms with Crippen molar-refractivity contribution in [3.8, 4) is 0 Å². The van der Waals surface area contributed by atoms with Crippen LogP contribution in [0.1, 0.15) is 20.3 Å². The highest BCUT2D eigenvalue weighted by molar-refractivity contribution is 5.35. The van der Waals surface area contributed by atoms with Crippen molar-refractivity contribution in [2.24, 2.45) is 10.2 Å². The van der Waals surface area contributed by atoms with Gasteiger partial charge in [-0.15, -0.1) is 10.2 Å². The van der Waals surface area contributed by atoms with Gasteiger partial charge < -0.3 is 4.90 Å². The molecule has 0 unspecified atom stereocenters. The highest BCUT2D eigenvalue weighted by Crippen LogP contribution is 2.35. The van der Waals surface area contributed by atoms with Crippen LogP contribution in [0.2, 0.25) is 0 Å². The van der Waals surface area contributed by atoms with E-state index in [1.54, 1.807) is 12.2 Å². The van der Waals surface area contributed by atoms with Crippen molar-refractivity contribution in [1.29, 1.82) is 0 Å². The summed E-state index contributed by atoms with van der Waals surface area (Å²) in [6.07, 6.45) is 5.11. The first-order chi connectivity index (χ1) is 9.22.